The third kappa shape index (κ3) is 11.2. The summed E-state index contributed by atoms with van der Waals surface area (Å²) in [7, 11) is 3.07. The summed E-state index contributed by atoms with van der Waals surface area (Å²) in [5.41, 5.74) is 3.61. The highest BCUT2D eigenvalue weighted by Gasteiger charge is 2.40. The van der Waals surface area contributed by atoms with Crippen LogP contribution in [-0.2, 0) is 25.7 Å². The van der Waals surface area contributed by atoms with Crippen molar-refractivity contribution < 1.29 is 38.2 Å². The van der Waals surface area contributed by atoms with Crippen LogP contribution >= 0.6 is 23.2 Å². The number of amides is 5. The van der Waals surface area contributed by atoms with E-state index in [-0.39, 0.29) is 43.0 Å². The van der Waals surface area contributed by atoms with Gasteiger partial charge in [-0.15, -0.1) is 0 Å². The van der Waals surface area contributed by atoms with Crippen LogP contribution in [0.15, 0.2) is 48.7 Å². The first-order valence-electron chi connectivity index (χ1n) is 21.9. The highest BCUT2D eigenvalue weighted by atomic mass is 35.5. The number of aromatic nitrogens is 1. The van der Waals surface area contributed by atoms with Crippen molar-refractivity contribution >= 4 is 80.7 Å². The number of carbonyl (C=O) groups is 5. The first-order valence-corrected chi connectivity index (χ1v) is 22.6. The molecular formula is C47H52Cl2N8O8. The molecule has 18 heteroatoms. The van der Waals surface area contributed by atoms with E-state index in [9.17, 15) is 29.2 Å². The van der Waals surface area contributed by atoms with Crippen LogP contribution in [-0.4, -0.2) is 109 Å². The van der Waals surface area contributed by atoms with Crippen LogP contribution in [0.4, 0.5) is 17.1 Å². The van der Waals surface area contributed by atoms with Gasteiger partial charge in [0.1, 0.15) is 17.9 Å². The van der Waals surface area contributed by atoms with Crippen LogP contribution in [0.25, 0.3) is 10.9 Å². The number of hydrogen-bond donors (Lipinski definition) is 3. The molecule has 16 nitrogen and oxygen atoms in total. The average molecular weight is 928 g/mol. The highest BCUT2D eigenvalue weighted by Crippen LogP contribution is 2.41. The quantitative estimate of drug-likeness (QED) is 0.0632. The minimum atomic E-state index is -0.716. The zero-order chi connectivity index (χ0) is 46.0. The standard InChI is InChI=1S/C47H52Cl2N8O8/c1-63-39-25-37(33(48)23-34(39)49)53-45-29(26-50)27-51-36-24-41(40(64-2)22-31(36)45)65-21-9-16-55-17-19-56(20-18-55)44(60)13-7-5-3-4-6-12-42(58)52-35-11-8-10-30-32(35)28-57(47(30)62)38-14-15-43(59)54-46(38)61/h8,10-11,22-25,27,38H,3-7,9,12-21,28H2,1-2H3,(H,51,53)(H,52,58)(H,54,59,61). The maximum absolute atomic E-state index is 13.1. The molecule has 0 aliphatic carbocycles. The summed E-state index contributed by atoms with van der Waals surface area (Å²) in [6, 6.07) is 13.5. The number of piperazine rings is 1. The van der Waals surface area contributed by atoms with Crippen LogP contribution in [0.1, 0.15) is 85.7 Å². The second kappa shape index (κ2) is 21.7. The molecule has 0 saturated carbocycles. The molecule has 7 rings (SSSR count). The summed E-state index contributed by atoms with van der Waals surface area (Å²) in [5, 5.41) is 19.8. The first-order chi connectivity index (χ1) is 31.5. The minimum absolute atomic E-state index is 0.140. The number of pyridine rings is 1. The molecule has 1 aromatic heterocycles. The van der Waals surface area contributed by atoms with Crippen LogP contribution < -0.4 is 30.2 Å². The Labute approximate surface area is 387 Å². The molecule has 0 spiro atoms. The number of benzene rings is 3. The van der Waals surface area contributed by atoms with Crippen LogP contribution in [0.2, 0.25) is 10.0 Å². The normalized spacial score (nSPS) is 16.2. The Kier molecular flexibility index (Phi) is 15.6. The number of carbonyl (C=O) groups excluding carboxylic acids is 5. The molecule has 5 amide bonds. The lowest BCUT2D eigenvalue weighted by Gasteiger charge is -2.34. The minimum Gasteiger partial charge on any atom is -0.495 e. The summed E-state index contributed by atoms with van der Waals surface area (Å²) in [6.45, 7) is 4.39. The number of nitrogens with zero attached hydrogens (tertiary/aromatic N) is 5. The molecule has 2 fully saturated rings. The summed E-state index contributed by atoms with van der Waals surface area (Å²) in [6.07, 6.45) is 7.74. The SMILES string of the molecule is COc1cc(Nc2c(C#N)cnc3cc(OCCCN4CCN(C(=O)CCCCCCCC(=O)Nc5cccc6c5CN(C5CCC(=O)NC5=O)C6=O)CC4)c(OC)cc23)c(Cl)cc1Cl. The zero-order valence-electron chi connectivity index (χ0n) is 36.5. The fourth-order valence-corrected chi connectivity index (χ4v) is 8.97. The fourth-order valence-electron chi connectivity index (χ4n) is 8.46. The number of ether oxygens (including phenoxy) is 3. The van der Waals surface area contributed by atoms with E-state index in [1.54, 1.807) is 49.6 Å². The Morgan fingerprint density at radius 2 is 1.65 bits per heavy atom. The van der Waals surface area contributed by atoms with Gasteiger partial charge in [-0.05, 0) is 49.9 Å². The number of methoxy groups -OCH3 is 2. The molecule has 3 aliphatic heterocycles. The van der Waals surface area contributed by atoms with Crippen LogP contribution in [0, 0.1) is 11.3 Å². The Morgan fingerprint density at radius 1 is 0.892 bits per heavy atom. The van der Waals surface area contributed by atoms with E-state index in [0.717, 1.165) is 51.7 Å². The van der Waals surface area contributed by atoms with E-state index in [1.807, 2.05) is 4.90 Å². The molecule has 65 heavy (non-hydrogen) atoms. The monoisotopic (exact) mass is 926 g/mol. The molecular weight excluding hydrogens is 875 g/mol. The van der Waals surface area contributed by atoms with E-state index < -0.39 is 11.9 Å². The lowest BCUT2D eigenvalue weighted by Crippen LogP contribution is -2.52. The molecule has 2 saturated heterocycles. The van der Waals surface area contributed by atoms with Gasteiger partial charge in [-0.1, -0.05) is 48.5 Å². The number of hydrogen-bond acceptors (Lipinski definition) is 12. The second-order valence-electron chi connectivity index (χ2n) is 16.2. The molecule has 3 N–H and O–H groups in total. The molecule has 4 heterocycles. The van der Waals surface area contributed by atoms with Crippen molar-refractivity contribution in [1.29, 1.82) is 5.26 Å². The number of nitrogens with one attached hydrogen (secondary N) is 3. The topological polar surface area (TPSA) is 196 Å². The van der Waals surface area contributed by atoms with E-state index in [4.69, 9.17) is 37.4 Å². The van der Waals surface area contributed by atoms with Crippen molar-refractivity contribution in [3.8, 4) is 23.3 Å². The average Bonchev–Trinajstić information content (AvgIpc) is 3.64. The van der Waals surface area contributed by atoms with Gasteiger partial charge in [0.2, 0.25) is 23.6 Å². The predicted molar refractivity (Wildman–Crippen MR) is 246 cm³/mol. The van der Waals surface area contributed by atoms with Gasteiger partial charge in [0, 0.05) is 99.1 Å². The zero-order valence-corrected chi connectivity index (χ0v) is 38.0. The second-order valence-corrected chi connectivity index (χ2v) is 17.1. The largest absolute Gasteiger partial charge is 0.495 e. The van der Waals surface area contributed by atoms with E-state index in [0.29, 0.717) is 111 Å². The van der Waals surface area contributed by atoms with Crippen molar-refractivity contribution in [2.75, 3.05) is 64.2 Å². The molecule has 342 valence electrons. The van der Waals surface area contributed by atoms with Gasteiger partial charge in [-0.3, -0.25) is 39.2 Å². The van der Waals surface area contributed by atoms with Crippen LogP contribution in [0.5, 0.6) is 17.2 Å². The van der Waals surface area contributed by atoms with E-state index in [1.165, 1.54) is 18.2 Å². The lowest BCUT2D eigenvalue weighted by atomic mass is 10.0. The molecule has 3 aliphatic rings. The number of nitriles is 1. The van der Waals surface area contributed by atoms with Crippen molar-refractivity contribution in [2.45, 2.75) is 76.8 Å². The Hall–Kier alpha value is -6.15. The Bertz CT molecular complexity index is 2510. The van der Waals surface area contributed by atoms with E-state index >= 15 is 0 Å². The first kappa shape index (κ1) is 46.8. The molecule has 1 unspecified atom stereocenters. The third-order valence-corrected chi connectivity index (χ3v) is 12.6. The maximum Gasteiger partial charge on any atom is 0.255 e. The van der Waals surface area contributed by atoms with E-state index in [2.05, 4.69) is 31.9 Å². The number of anilines is 3. The van der Waals surface area contributed by atoms with Gasteiger partial charge in [-0.25, -0.2) is 0 Å². The number of halogens is 2. The summed E-state index contributed by atoms with van der Waals surface area (Å²) < 4.78 is 17.2. The number of rotatable bonds is 19. The van der Waals surface area contributed by atoms with Crippen molar-refractivity contribution in [3.63, 3.8) is 0 Å². The number of unbranched alkanes of at least 4 members (excludes halogenated alkanes) is 4. The third-order valence-electron chi connectivity index (χ3n) is 12.0. The predicted octanol–water partition coefficient (Wildman–Crippen LogP) is 7.22. The molecule has 4 aromatic rings. The summed E-state index contributed by atoms with van der Waals surface area (Å²) in [5.74, 6) is 0.387. The van der Waals surface area contributed by atoms with Gasteiger partial charge < -0.3 is 34.6 Å². The molecule has 0 bridgehead atoms. The lowest BCUT2D eigenvalue weighted by molar-refractivity contribution is -0.137. The fraction of sp³-hybridized carbons (Fsp3) is 0.426. The highest BCUT2D eigenvalue weighted by molar-refractivity contribution is 6.37. The van der Waals surface area contributed by atoms with Crippen molar-refractivity contribution in [3.05, 3.63) is 75.4 Å². The Morgan fingerprint density at radius 3 is 2.38 bits per heavy atom. The number of fused-ring (bicyclic) bond motifs is 2. The van der Waals surface area contributed by atoms with Gasteiger partial charge >= 0.3 is 0 Å². The van der Waals surface area contributed by atoms with Gasteiger partial charge in [0.15, 0.2) is 11.5 Å². The smallest absolute Gasteiger partial charge is 0.255 e. The molecule has 3 aromatic carbocycles. The number of imide groups is 1. The summed E-state index contributed by atoms with van der Waals surface area (Å²) >= 11 is 12.7. The molecule has 1 atom stereocenters. The maximum atomic E-state index is 13.1. The van der Waals surface area contributed by atoms with Crippen molar-refractivity contribution in [1.82, 2.24) is 25.0 Å². The Balaban J connectivity index is 0.778. The number of piperidine rings is 1. The van der Waals surface area contributed by atoms with Crippen molar-refractivity contribution in [2.24, 2.45) is 0 Å². The van der Waals surface area contributed by atoms with Gasteiger partial charge in [-0.2, -0.15) is 5.26 Å². The molecule has 0 radical (unpaired) electrons. The van der Waals surface area contributed by atoms with Gasteiger partial charge in [0.25, 0.3) is 5.91 Å². The van der Waals surface area contributed by atoms with Gasteiger partial charge in [0.05, 0.1) is 53.3 Å². The van der Waals surface area contributed by atoms with Crippen LogP contribution in [0.3, 0.4) is 0 Å². The summed E-state index contributed by atoms with van der Waals surface area (Å²) in [4.78, 5) is 73.2.